The summed E-state index contributed by atoms with van der Waals surface area (Å²) in [5, 5.41) is 1.26. The van der Waals surface area contributed by atoms with Crippen LogP contribution in [-0.4, -0.2) is 0 Å². The molecule has 106 valence electrons. The molecule has 0 amide bonds. The molecule has 4 aromatic rings. The number of rotatable bonds is 1. The van der Waals surface area contributed by atoms with Gasteiger partial charge in [-0.25, -0.2) is 0 Å². The van der Waals surface area contributed by atoms with E-state index in [0.29, 0.717) is 21.9 Å². The van der Waals surface area contributed by atoms with Crippen LogP contribution in [-0.2, 0) is 0 Å². The molecule has 4 rings (SSSR count). The van der Waals surface area contributed by atoms with Crippen LogP contribution in [0.25, 0.3) is 33.1 Å². The third-order valence-electron chi connectivity index (χ3n) is 4.01. The highest BCUT2D eigenvalue weighted by molar-refractivity contribution is 5.92. The fourth-order valence-electron chi connectivity index (χ4n) is 2.89. The van der Waals surface area contributed by atoms with E-state index >= 15 is 0 Å². The Balaban J connectivity index is 2.10. The van der Waals surface area contributed by atoms with E-state index in [4.69, 9.17) is 4.42 Å². The molecular formula is C20H14O2. The summed E-state index contributed by atoms with van der Waals surface area (Å²) in [6, 6.07) is 21.4. The van der Waals surface area contributed by atoms with E-state index in [1.165, 1.54) is 0 Å². The Bertz CT molecular complexity index is 1040. The van der Waals surface area contributed by atoms with E-state index in [-0.39, 0.29) is 5.43 Å². The van der Waals surface area contributed by atoms with Gasteiger partial charge in [0.05, 0.1) is 10.8 Å². The third-order valence-corrected chi connectivity index (χ3v) is 4.01. The van der Waals surface area contributed by atoms with Gasteiger partial charge in [-0.1, -0.05) is 42.5 Å². The molecule has 0 aliphatic rings. The van der Waals surface area contributed by atoms with Crippen molar-refractivity contribution in [3.8, 4) is 11.1 Å². The molecule has 1 aromatic heterocycles. The van der Waals surface area contributed by atoms with E-state index in [2.05, 4.69) is 12.1 Å². The normalized spacial score (nSPS) is 11.1. The van der Waals surface area contributed by atoms with Crippen molar-refractivity contribution in [3.05, 3.63) is 82.5 Å². The SMILES string of the molecule is Cc1cc2c(=O)c3ccccc3oc2cc1-c1ccccc1. The van der Waals surface area contributed by atoms with Crippen LogP contribution in [0.5, 0.6) is 0 Å². The zero-order valence-electron chi connectivity index (χ0n) is 12.2. The van der Waals surface area contributed by atoms with Gasteiger partial charge in [-0.3, -0.25) is 4.79 Å². The second kappa shape index (κ2) is 4.85. The van der Waals surface area contributed by atoms with Gasteiger partial charge in [-0.15, -0.1) is 0 Å². The molecule has 2 nitrogen and oxygen atoms in total. The van der Waals surface area contributed by atoms with Crippen molar-refractivity contribution < 1.29 is 4.42 Å². The van der Waals surface area contributed by atoms with Gasteiger partial charge < -0.3 is 4.42 Å². The fraction of sp³-hybridized carbons (Fsp3) is 0.0500. The summed E-state index contributed by atoms with van der Waals surface area (Å²) in [6.45, 7) is 2.02. The molecule has 2 heteroatoms. The standard InChI is InChI=1S/C20H14O2/c1-13-11-17-19(12-16(13)14-7-3-2-4-8-14)22-18-10-6-5-9-15(18)20(17)21/h2-12H,1H3. The van der Waals surface area contributed by atoms with Crippen molar-refractivity contribution in [1.82, 2.24) is 0 Å². The van der Waals surface area contributed by atoms with Crippen LogP contribution in [0.15, 0.2) is 75.9 Å². The number of benzene rings is 3. The minimum atomic E-state index is 0.0274. The summed E-state index contributed by atoms with van der Waals surface area (Å²) in [6.07, 6.45) is 0. The van der Waals surface area contributed by atoms with Gasteiger partial charge in [-0.2, -0.15) is 0 Å². The van der Waals surface area contributed by atoms with E-state index in [9.17, 15) is 4.79 Å². The highest BCUT2D eigenvalue weighted by atomic mass is 16.3. The van der Waals surface area contributed by atoms with Gasteiger partial charge in [0.15, 0.2) is 0 Å². The molecule has 0 unspecified atom stereocenters. The van der Waals surface area contributed by atoms with Crippen LogP contribution in [0.4, 0.5) is 0 Å². The molecule has 3 aromatic carbocycles. The zero-order valence-corrected chi connectivity index (χ0v) is 12.2. The molecule has 1 heterocycles. The molecule has 22 heavy (non-hydrogen) atoms. The highest BCUT2D eigenvalue weighted by Gasteiger charge is 2.11. The molecule has 0 saturated carbocycles. The maximum absolute atomic E-state index is 12.6. The van der Waals surface area contributed by atoms with E-state index in [0.717, 1.165) is 16.7 Å². The molecule has 0 spiro atoms. The van der Waals surface area contributed by atoms with Crippen LogP contribution >= 0.6 is 0 Å². The minimum Gasteiger partial charge on any atom is -0.456 e. The molecular weight excluding hydrogens is 272 g/mol. The Morgan fingerprint density at radius 3 is 2.32 bits per heavy atom. The Hall–Kier alpha value is -2.87. The van der Waals surface area contributed by atoms with Crippen LogP contribution in [0, 0.1) is 6.92 Å². The van der Waals surface area contributed by atoms with Crippen molar-refractivity contribution in [2.75, 3.05) is 0 Å². The Labute approximate surface area is 127 Å². The van der Waals surface area contributed by atoms with Crippen LogP contribution in [0.2, 0.25) is 0 Å². The van der Waals surface area contributed by atoms with E-state index in [1.54, 1.807) is 6.07 Å². The maximum Gasteiger partial charge on any atom is 0.200 e. The van der Waals surface area contributed by atoms with E-state index in [1.807, 2.05) is 55.5 Å². The largest absolute Gasteiger partial charge is 0.456 e. The minimum absolute atomic E-state index is 0.0274. The molecule has 0 aliphatic carbocycles. The summed E-state index contributed by atoms with van der Waals surface area (Å²) >= 11 is 0. The fourth-order valence-corrected chi connectivity index (χ4v) is 2.89. The lowest BCUT2D eigenvalue weighted by Gasteiger charge is -2.08. The molecule has 0 bridgehead atoms. The van der Waals surface area contributed by atoms with Gasteiger partial charge in [0, 0.05) is 0 Å². The first kappa shape index (κ1) is 12.8. The number of hydrogen-bond donors (Lipinski definition) is 0. The topological polar surface area (TPSA) is 30.2 Å². The molecule has 0 aliphatic heterocycles. The Morgan fingerprint density at radius 2 is 1.50 bits per heavy atom. The highest BCUT2D eigenvalue weighted by Crippen LogP contribution is 2.28. The number of para-hydroxylation sites is 1. The Kier molecular flexibility index (Phi) is 2.83. The van der Waals surface area contributed by atoms with Crippen molar-refractivity contribution in [2.45, 2.75) is 6.92 Å². The van der Waals surface area contributed by atoms with E-state index < -0.39 is 0 Å². The predicted octanol–water partition coefficient (Wildman–Crippen LogP) is 4.92. The zero-order chi connectivity index (χ0) is 15.1. The van der Waals surface area contributed by atoms with Crippen LogP contribution in [0.3, 0.4) is 0 Å². The summed E-state index contributed by atoms with van der Waals surface area (Å²) in [5.74, 6) is 0. The molecule has 0 radical (unpaired) electrons. The lowest BCUT2D eigenvalue weighted by molar-refractivity contribution is 0.660. The number of hydrogen-bond acceptors (Lipinski definition) is 2. The molecule has 0 saturated heterocycles. The molecule has 0 fully saturated rings. The predicted molar refractivity (Wildman–Crippen MR) is 90.2 cm³/mol. The van der Waals surface area contributed by atoms with Gasteiger partial charge in [0.1, 0.15) is 11.2 Å². The second-order valence-corrected chi connectivity index (χ2v) is 5.46. The summed E-state index contributed by atoms with van der Waals surface area (Å²) in [5.41, 5.74) is 4.57. The third kappa shape index (κ3) is 1.92. The van der Waals surface area contributed by atoms with Gasteiger partial charge in [0.25, 0.3) is 0 Å². The maximum atomic E-state index is 12.6. The van der Waals surface area contributed by atoms with Gasteiger partial charge in [0.2, 0.25) is 5.43 Å². The average molecular weight is 286 g/mol. The quantitative estimate of drug-likeness (QED) is 0.465. The number of fused-ring (bicyclic) bond motifs is 2. The molecule has 0 N–H and O–H groups in total. The van der Waals surface area contributed by atoms with Crippen LogP contribution in [0.1, 0.15) is 5.56 Å². The van der Waals surface area contributed by atoms with Gasteiger partial charge >= 0.3 is 0 Å². The first-order chi connectivity index (χ1) is 10.7. The number of aryl methyl sites for hydroxylation is 1. The van der Waals surface area contributed by atoms with Crippen molar-refractivity contribution in [1.29, 1.82) is 0 Å². The van der Waals surface area contributed by atoms with Gasteiger partial charge in [-0.05, 0) is 47.9 Å². The first-order valence-corrected chi connectivity index (χ1v) is 7.26. The first-order valence-electron chi connectivity index (χ1n) is 7.26. The average Bonchev–Trinajstić information content (AvgIpc) is 2.56. The molecule has 0 atom stereocenters. The monoisotopic (exact) mass is 286 g/mol. The summed E-state index contributed by atoms with van der Waals surface area (Å²) in [7, 11) is 0. The summed E-state index contributed by atoms with van der Waals surface area (Å²) < 4.78 is 5.94. The lowest BCUT2D eigenvalue weighted by Crippen LogP contribution is -2.02. The smallest absolute Gasteiger partial charge is 0.200 e. The van der Waals surface area contributed by atoms with Crippen molar-refractivity contribution >= 4 is 21.9 Å². The van der Waals surface area contributed by atoms with Crippen LogP contribution < -0.4 is 5.43 Å². The lowest BCUT2D eigenvalue weighted by atomic mass is 9.98. The Morgan fingerprint density at radius 1 is 0.773 bits per heavy atom. The van der Waals surface area contributed by atoms with Crippen molar-refractivity contribution in [2.24, 2.45) is 0 Å². The second-order valence-electron chi connectivity index (χ2n) is 5.46. The summed E-state index contributed by atoms with van der Waals surface area (Å²) in [4.78, 5) is 12.6. The van der Waals surface area contributed by atoms with Crippen molar-refractivity contribution in [3.63, 3.8) is 0 Å².